The van der Waals surface area contributed by atoms with Crippen molar-refractivity contribution in [3.63, 3.8) is 0 Å². The molecule has 1 aromatic carbocycles. The summed E-state index contributed by atoms with van der Waals surface area (Å²) in [6.07, 6.45) is 1.11. The number of nitrogens with two attached hydrogens (primary N) is 1. The Bertz CT molecular complexity index is 466. The number of nitrogens with one attached hydrogen (secondary N) is 1. The normalized spacial score (nSPS) is 17.7. The largest absolute Gasteiger partial charge is 0.493 e. The first-order valence-electron chi connectivity index (χ1n) is 7.06. The summed E-state index contributed by atoms with van der Waals surface area (Å²) in [6.45, 7) is 5.86. The average molecular weight is 405 g/mol. The molecule has 1 aromatic rings. The fourth-order valence-corrected chi connectivity index (χ4v) is 2.17. The monoisotopic (exact) mass is 405 g/mol. The van der Waals surface area contributed by atoms with Crippen LogP contribution in [0.15, 0.2) is 29.3 Å². The van der Waals surface area contributed by atoms with Crippen LogP contribution in [0.1, 0.15) is 31.9 Å². The zero-order chi connectivity index (χ0) is 14.4. The van der Waals surface area contributed by atoms with Crippen LogP contribution in [0.25, 0.3) is 0 Å². The highest BCUT2D eigenvalue weighted by atomic mass is 127. The Balaban J connectivity index is 0.00000220. The fourth-order valence-electron chi connectivity index (χ4n) is 2.17. The van der Waals surface area contributed by atoms with Gasteiger partial charge in [-0.1, -0.05) is 18.2 Å². The number of guanidine groups is 1. The maximum absolute atomic E-state index is 5.92. The summed E-state index contributed by atoms with van der Waals surface area (Å²) in [4.78, 5) is 4.28. The van der Waals surface area contributed by atoms with Crippen molar-refractivity contribution in [1.29, 1.82) is 0 Å². The van der Waals surface area contributed by atoms with E-state index in [0.29, 0.717) is 25.7 Å². The molecule has 1 aliphatic heterocycles. The molecule has 0 aliphatic carbocycles. The summed E-state index contributed by atoms with van der Waals surface area (Å²) in [6, 6.07) is 8.18. The summed E-state index contributed by atoms with van der Waals surface area (Å²) in [7, 11) is 0. The molecule has 0 amide bonds. The molecule has 0 radical (unpaired) electrons. The SMILES string of the molecule is CC(C)OCCN=C(N)NC1CCOc2ccccc21.I. The Labute approximate surface area is 143 Å². The number of rotatable bonds is 5. The quantitative estimate of drug-likeness (QED) is 0.342. The highest BCUT2D eigenvalue weighted by Crippen LogP contribution is 2.31. The van der Waals surface area contributed by atoms with Crippen molar-refractivity contribution in [2.24, 2.45) is 10.7 Å². The van der Waals surface area contributed by atoms with Crippen LogP contribution in [0.4, 0.5) is 0 Å². The minimum Gasteiger partial charge on any atom is -0.493 e. The smallest absolute Gasteiger partial charge is 0.189 e. The molecule has 0 bridgehead atoms. The topological polar surface area (TPSA) is 68.9 Å². The van der Waals surface area contributed by atoms with Gasteiger partial charge in [-0.2, -0.15) is 0 Å². The van der Waals surface area contributed by atoms with E-state index in [9.17, 15) is 0 Å². The first-order chi connectivity index (χ1) is 9.66. The van der Waals surface area contributed by atoms with Crippen LogP contribution in [0.2, 0.25) is 0 Å². The van der Waals surface area contributed by atoms with Gasteiger partial charge in [0.25, 0.3) is 0 Å². The minimum atomic E-state index is 0. The number of aliphatic imine (C=N–C) groups is 1. The van der Waals surface area contributed by atoms with E-state index in [1.54, 1.807) is 0 Å². The second-order valence-corrected chi connectivity index (χ2v) is 5.06. The Kier molecular flexibility index (Phi) is 7.81. The molecule has 21 heavy (non-hydrogen) atoms. The molecule has 1 unspecified atom stereocenters. The molecule has 6 heteroatoms. The van der Waals surface area contributed by atoms with E-state index in [2.05, 4.69) is 16.4 Å². The van der Waals surface area contributed by atoms with E-state index in [1.165, 1.54) is 0 Å². The van der Waals surface area contributed by atoms with Gasteiger partial charge in [0.1, 0.15) is 5.75 Å². The zero-order valence-corrected chi connectivity index (χ0v) is 14.9. The molecule has 0 fully saturated rings. The van der Waals surface area contributed by atoms with Gasteiger partial charge in [0, 0.05) is 12.0 Å². The van der Waals surface area contributed by atoms with Crippen LogP contribution >= 0.6 is 24.0 Å². The highest BCUT2D eigenvalue weighted by Gasteiger charge is 2.20. The second kappa shape index (κ2) is 9.09. The maximum Gasteiger partial charge on any atom is 0.189 e. The van der Waals surface area contributed by atoms with Crippen LogP contribution < -0.4 is 15.8 Å². The molecule has 1 aliphatic rings. The number of hydrogen-bond acceptors (Lipinski definition) is 3. The highest BCUT2D eigenvalue weighted by molar-refractivity contribution is 14.0. The Morgan fingerprint density at radius 2 is 2.24 bits per heavy atom. The summed E-state index contributed by atoms with van der Waals surface area (Å²) < 4.78 is 11.0. The van der Waals surface area contributed by atoms with Crippen LogP contribution in [-0.4, -0.2) is 31.8 Å². The van der Waals surface area contributed by atoms with Crippen LogP contribution in [0.5, 0.6) is 5.75 Å². The molecule has 2 rings (SSSR count). The number of fused-ring (bicyclic) bond motifs is 1. The van der Waals surface area contributed by atoms with E-state index in [-0.39, 0.29) is 36.1 Å². The van der Waals surface area contributed by atoms with Gasteiger partial charge in [0.2, 0.25) is 0 Å². The van der Waals surface area contributed by atoms with Gasteiger partial charge in [0.15, 0.2) is 5.96 Å². The van der Waals surface area contributed by atoms with Gasteiger partial charge >= 0.3 is 0 Å². The average Bonchev–Trinajstić information content (AvgIpc) is 2.44. The summed E-state index contributed by atoms with van der Waals surface area (Å²) >= 11 is 0. The summed E-state index contributed by atoms with van der Waals surface area (Å²) in [5.41, 5.74) is 7.06. The van der Waals surface area contributed by atoms with Crippen molar-refractivity contribution in [1.82, 2.24) is 5.32 Å². The van der Waals surface area contributed by atoms with Crippen molar-refractivity contribution in [3.8, 4) is 5.75 Å². The van der Waals surface area contributed by atoms with Crippen molar-refractivity contribution in [3.05, 3.63) is 29.8 Å². The first-order valence-corrected chi connectivity index (χ1v) is 7.06. The van der Waals surface area contributed by atoms with Crippen molar-refractivity contribution < 1.29 is 9.47 Å². The van der Waals surface area contributed by atoms with Crippen molar-refractivity contribution >= 4 is 29.9 Å². The molecule has 1 atom stereocenters. The lowest BCUT2D eigenvalue weighted by atomic mass is 10.0. The van der Waals surface area contributed by atoms with E-state index in [1.807, 2.05) is 32.0 Å². The predicted octanol–water partition coefficient (Wildman–Crippen LogP) is 2.46. The molecule has 0 saturated heterocycles. The predicted molar refractivity (Wildman–Crippen MR) is 95.4 cm³/mol. The third kappa shape index (κ3) is 5.70. The van der Waals surface area contributed by atoms with Gasteiger partial charge in [-0.05, 0) is 19.9 Å². The van der Waals surface area contributed by atoms with Gasteiger partial charge in [0.05, 0.1) is 31.9 Å². The van der Waals surface area contributed by atoms with Gasteiger partial charge in [-0.3, -0.25) is 4.99 Å². The number of halogens is 1. The number of ether oxygens (including phenoxy) is 2. The Morgan fingerprint density at radius 3 is 3.00 bits per heavy atom. The van der Waals surface area contributed by atoms with Gasteiger partial charge in [-0.15, -0.1) is 24.0 Å². The van der Waals surface area contributed by atoms with Crippen LogP contribution in [-0.2, 0) is 4.74 Å². The molecular formula is C15H24IN3O2. The zero-order valence-electron chi connectivity index (χ0n) is 12.5. The van der Waals surface area contributed by atoms with Gasteiger partial charge < -0.3 is 20.5 Å². The number of hydrogen-bond donors (Lipinski definition) is 2. The van der Waals surface area contributed by atoms with Crippen molar-refractivity contribution in [2.45, 2.75) is 32.4 Å². The van der Waals surface area contributed by atoms with E-state index >= 15 is 0 Å². The molecule has 118 valence electrons. The second-order valence-electron chi connectivity index (χ2n) is 5.06. The molecular weight excluding hydrogens is 381 g/mol. The molecule has 0 saturated carbocycles. The van der Waals surface area contributed by atoms with E-state index < -0.39 is 0 Å². The van der Waals surface area contributed by atoms with Gasteiger partial charge in [-0.25, -0.2) is 0 Å². The standard InChI is InChI=1S/C15H23N3O2.HI/c1-11(2)19-10-8-17-15(16)18-13-7-9-20-14-6-4-3-5-12(13)14;/h3-6,11,13H,7-10H2,1-2H3,(H3,16,17,18);1H. The molecule has 0 spiro atoms. The number of para-hydroxylation sites is 1. The lowest BCUT2D eigenvalue weighted by Crippen LogP contribution is -2.37. The Morgan fingerprint density at radius 1 is 1.48 bits per heavy atom. The summed E-state index contributed by atoms with van der Waals surface area (Å²) in [5.74, 6) is 1.38. The van der Waals surface area contributed by atoms with Crippen LogP contribution in [0, 0.1) is 0 Å². The lowest BCUT2D eigenvalue weighted by Gasteiger charge is -2.26. The number of nitrogens with zero attached hydrogens (tertiary/aromatic N) is 1. The minimum absolute atomic E-state index is 0. The molecule has 1 heterocycles. The first kappa shape index (κ1) is 18.0. The van der Waals surface area contributed by atoms with Crippen molar-refractivity contribution in [2.75, 3.05) is 19.8 Å². The third-order valence-electron chi connectivity index (χ3n) is 3.11. The summed E-state index contributed by atoms with van der Waals surface area (Å²) in [5, 5.41) is 3.26. The Hall–Kier alpha value is -1.02. The fraction of sp³-hybridized carbons (Fsp3) is 0.533. The van der Waals surface area contributed by atoms with E-state index in [0.717, 1.165) is 17.7 Å². The number of benzene rings is 1. The molecule has 3 N–H and O–H groups in total. The lowest BCUT2D eigenvalue weighted by molar-refractivity contribution is 0.0853. The maximum atomic E-state index is 5.92. The van der Waals surface area contributed by atoms with E-state index in [4.69, 9.17) is 15.2 Å². The molecule has 0 aromatic heterocycles. The third-order valence-corrected chi connectivity index (χ3v) is 3.11. The molecule has 5 nitrogen and oxygen atoms in total. The van der Waals surface area contributed by atoms with Crippen LogP contribution in [0.3, 0.4) is 0 Å².